The standard InChI is InChI=1S/C2H8P2Si/c3-1-5-2-4/h1-4H2. The van der Waals surface area contributed by atoms with Gasteiger partial charge < -0.3 is 0 Å². The molecule has 0 aliphatic heterocycles. The van der Waals surface area contributed by atoms with E-state index in [2.05, 4.69) is 18.5 Å². The molecular formula is C2H8P2Si. The zero-order valence-electron chi connectivity index (χ0n) is 3.07. The van der Waals surface area contributed by atoms with Crippen LogP contribution in [0.5, 0.6) is 0 Å². The molecule has 0 aromatic rings. The molecule has 0 N–H and O–H groups in total. The molecule has 0 nitrogen and oxygen atoms in total. The van der Waals surface area contributed by atoms with Crippen LogP contribution in [0.4, 0.5) is 0 Å². The average Bonchev–Trinajstić information content (AvgIpc) is 1.41. The van der Waals surface area contributed by atoms with Gasteiger partial charge in [0, 0.05) is 9.52 Å². The van der Waals surface area contributed by atoms with Gasteiger partial charge in [-0.1, -0.05) is 0 Å². The summed E-state index contributed by atoms with van der Waals surface area (Å²) in [6, 6.07) is 0. The van der Waals surface area contributed by atoms with Gasteiger partial charge in [-0.2, -0.15) is 0 Å². The molecule has 2 unspecified atom stereocenters. The second-order valence-corrected chi connectivity index (χ2v) is 4.42. The molecule has 5 heavy (non-hydrogen) atoms. The molecule has 0 saturated carbocycles. The molecular weight excluding hydrogens is 114 g/mol. The van der Waals surface area contributed by atoms with Crippen molar-refractivity contribution in [1.29, 1.82) is 0 Å². The third-order valence-corrected chi connectivity index (χ3v) is 2.60. The highest BCUT2D eigenvalue weighted by Crippen LogP contribution is 1.79. The summed E-state index contributed by atoms with van der Waals surface area (Å²) in [6.07, 6.45) is 0. The topological polar surface area (TPSA) is 0 Å². The lowest BCUT2D eigenvalue weighted by atomic mass is 11.8. The Morgan fingerprint density at radius 2 is 1.60 bits per heavy atom. The smallest absolute Gasteiger partial charge is 0.0464 e. The van der Waals surface area contributed by atoms with E-state index in [0.717, 1.165) is 9.52 Å². The third-order valence-electron chi connectivity index (χ3n) is 0.289. The summed E-state index contributed by atoms with van der Waals surface area (Å²) in [7, 11) is 6.52. The van der Waals surface area contributed by atoms with E-state index in [4.69, 9.17) is 0 Å². The van der Waals surface area contributed by atoms with E-state index in [1.165, 1.54) is 11.6 Å². The van der Waals surface area contributed by atoms with E-state index in [0.29, 0.717) is 0 Å². The van der Waals surface area contributed by atoms with Crippen molar-refractivity contribution in [2.75, 3.05) is 11.6 Å². The Hall–Kier alpha value is 1.08. The van der Waals surface area contributed by atoms with Crippen LogP contribution >= 0.6 is 18.5 Å². The van der Waals surface area contributed by atoms with Crippen LogP contribution in [-0.2, 0) is 0 Å². The molecule has 0 rings (SSSR count). The molecule has 0 amide bonds. The van der Waals surface area contributed by atoms with Gasteiger partial charge in [-0.25, -0.2) is 0 Å². The number of hydrogen-bond donors (Lipinski definition) is 0. The molecule has 30 valence electrons. The van der Waals surface area contributed by atoms with E-state index in [-0.39, 0.29) is 0 Å². The Bertz CT molecular complexity index is 15.1. The second kappa shape index (κ2) is 5.08. The molecule has 0 spiro atoms. The van der Waals surface area contributed by atoms with Gasteiger partial charge in [0.05, 0.1) is 0 Å². The van der Waals surface area contributed by atoms with Crippen molar-refractivity contribution >= 4 is 28.0 Å². The van der Waals surface area contributed by atoms with Crippen molar-refractivity contribution in [3.05, 3.63) is 0 Å². The quantitative estimate of drug-likeness (QED) is 0.366. The summed E-state index contributed by atoms with van der Waals surface area (Å²) in [5.41, 5.74) is 0. The fraction of sp³-hybridized carbons (Fsp3) is 1.00. The molecule has 3 heteroatoms. The zero-order chi connectivity index (χ0) is 4.12. The van der Waals surface area contributed by atoms with Crippen LogP contribution in [-0.4, -0.2) is 21.1 Å². The maximum atomic E-state index is 2.70. The van der Waals surface area contributed by atoms with Gasteiger partial charge in [-0.3, -0.25) is 0 Å². The van der Waals surface area contributed by atoms with Crippen LogP contribution in [0.25, 0.3) is 0 Å². The van der Waals surface area contributed by atoms with E-state index in [1.807, 2.05) is 0 Å². The third kappa shape index (κ3) is 5.08. The van der Waals surface area contributed by atoms with E-state index in [9.17, 15) is 0 Å². The number of hydrogen-bond acceptors (Lipinski definition) is 0. The molecule has 0 aliphatic carbocycles. The first-order valence-electron chi connectivity index (χ1n) is 1.52. The first kappa shape index (κ1) is 6.08. The van der Waals surface area contributed by atoms with Gasteiger partial charge in [0.2, 0.25) is 0 Å². The van der Waals surface area contributed by atoms with Crippen molar-refractivity contribution in [3.63, 3.8) is 0 Å². The van der Waals surface area contributed by atoms with Gasteiger partial charge in [-0.05, 0) is 11.6 Å². The molecule has 0 aromatic heterocycles. The van der Waals surface area contributed by atoms with Gasteiger partial charge >= 0.3 is 0 Å². The summed E-state index contributed by atoms with van der Waals surface area (Å²) >= 11 is 0. The van der Waals surface area contributed by atoms with Crippen LogP contribution in [0.2, 0.25) is 0 Å². The molecule has 0 fully saturated rings. The predicted molar refractivity (Wildman–Crippen MR) is 34.9 cm³/mol. The molecule has 0 aliphatic rings. The number of rotatable bonds is 2. The minimum Gasteiger partial charge on any atom is -0.141 e. The first-order chi connectivity index (χ1) is 2.41. The minimum atomic E-state index is 1.12. The van der Waals surface area contributed by atoms with Crippen molar-refractivity contribution in [1.82, 2.24) is 0 Å². The summed E-state index contributed by atoms with van der Waals surface area (Å²) in [5.74, 6) is 2.53. The molecule has 2 atom stereocenters. The highest BCUT2D eigenvalue weighted by Gasteiger charge is 1.71. The summed E-state index contributed by atoms with van der Waals surface area (Å²) in [5, 5.41) is 0. The van der Waals surface area contributed by atoms with Crippen molar-refractivity contribution < 1.29 is 0 Å². The van der Waals surface area contributed by atoms with E-state index >= 15 is 0 Å². The predicted octanol–water partition coefficient (Wildman–Crippen LogP) is 0.356. The van der Waals surface area contributed by atoms with Gasteiger partial charge in [0.15, 0.2) is 0 Å². The van der Waals surface area contributed by atoms with Gasteiger partial charge in [0.1, 0.15) is 0 Å². The highest BCUT2D eigenvalue weighted by atomic mass is 31.0. The van der Waals surface area contributed by atoms with Crippen LogP contribution in [0.3, 0.4) is 0 Å². The molecule has 0 aromatic carbocycles. The summed E-state index contributed by atoms with van der Waals surface area (Å²) < 4.78 is 0. The summed E-state index contributed by atoms with van der Waals surface area (Å²) in [4.78, 5) is 0. The van der Waals surface area contributed by atoms with Crippen molar-refractivity contribution in [3.8, 4) is 0 Å². The Kier molecular flexibility index (Phi) is 6.17. The van der Waals surface area contributed by atoms with Crippen molar-refractivity contribution in [2.24, 2.45) is 0 Å². The van der Waals surface area contributed by atoms with E-state index < -0.39 is 0 Å². The van der Waals surface area contributed by atoms with Gasteiger partial charge in [-0.15, -0.1) is 18.5 Å². The normalized spacial score (nSPS) is 8.40. The SMILES string of the molecule is PC[Si]CP. The first-order valence-corrected chi connectivity index (χ1v) is 4.57. The molecule has 0 heterocycles. The molecule has 2 radical (unpaired) electrons. The maximum absolute atomic E-state index is 2.70. The fourth-order valence-corrected chi connectivity index (χ4v) is 2.25. The lowest BCUT2D eigenvalue weighted by Gasteiger charge is -1.76. The fourth-order valence-electron chi connectivity index (χ4n) is 0.0833. The Labute approximate surface area is 40.3 Å². The lowest BCUT2D eigenvalue weighted by molar-refractivity contribution is 2.02. The monoisotopic (exact) mass is 122 g/mol. The van der Waals surface area contributed by atoms with Crippen LogP contribution < -0.4 is 0 Å². The van der Waals surface area contributed by atoms with Crippen LogP contribution in [0, 0.1) is 0 Å². The highest BCUT2D eigenvalue weighted by molar-refractivity contribution is 7.24. The average molecular weight is 122 g/mol. The molecule has 0 saturated heterocycles. The van der Waals surface area contributed by atoms with E-state index in [1.54, 1.807) is 0 Å². The Morgan fingerprint density at radius 1 is 1.20 bits per heavy atom. The van der Waals surface area contributed by atoms with Crippen LogP contribution in [0.15, 0.2) is 0 Å². The maximum Gasteiger partial charge on any atom is 0.0464 e. The summed E-state index contributed by atoms with van der Waals surface area (Å²) in [6.45, 7) is 0. The van der Waals surface area contributed by atoms with Crippen LogP contribution in [0.1, 0.15) is 0 Å². The zero-order valence-corrected chi connectivity index (χ0v) is 6.38. The minimum absolute atomic E-state index is 1.12. The largest absolute Gasteiger partial charge is 0.141 e. The lowest BCUT2D eigenvalue weighted by Crippen LogP contribution is -1.89. The Morgan fingerprint density at radius 3 is 1.60 bits per heavy atom. The second-order valence-electron chi connectivity index (χ2n) is 0.658. The molecule has 0 bridgehead atoms. The van der Waals surface area contributed by atoms with Crippen molar-refractivity contribution in [2.45, 2.75) is 0 Å². The van der Waals surface area contributed by atoms with Gasteiger partial charge in [0.25, 0.3) is 0 Å². The Balaban J connectivity index is 2.19.